The summed E-state index contributed by atoms with van der Waals surface area (Å²) in [5.74, 6) is 0. The fourth-order valence-electron chi connectivity index (χ4n) is 3.03. The van der Waals surface area contributed by atoms with Gasteiger partial charge in [-0.25, -0.2) is 0 Å². The summed E-state index contributed by atoms with van der Waals surface area (Å²) in [7, 11) is 4.31. The van der Waals surface area contributed by atoms with Crippen molar-refractivity contribution in [3.8, 4) is 0 Å². The Hall–Kier alpha value is 0.719. The van der Waals surface area contributed by atoms with Crippen LogP contribution in [0.25, 0.3) is 0 Å². The Labute approximate surface area is 133 Å². The average Bonchev–Trinajstić information content (AvgIpc) is 2.39. The molecule has 2 nitrogen and oxygen atoms in total. The third-order valence-electron chi connectivity index (χ3n) is 4.03. The molecule has 0 spiro atoms. The van der Waals surface area contributed by atoms with Gasteiger partial charge in [0.15, 0.2) is 0 Å². The maximum absolute atomic E-state index is 6.82. The SMILES string of the molecule is CCC[CH2][Sn]([CH2]CCC)([CH2]CCC)[O]C(C)CN(C)C. The van der Waals surface area contributed by atoms with Gasteiger partial charge >= 0.3 is 133 Å². The zero-order chi connectivity index (χ0) is 15.4. The molecule has 122 valence electrons. The topological polar surface area (TPSA) is 12.5 Å². The van der Waals surface area contributed by atoms with Gasteiger partial charge < -0.3 is 0 Å². The molecule has 0 aliphatic rings. The second-order valence-electron chi connectivity index (χ2n) is 6.68. The van der Waals surface area contributed by atoms with Crippen molar-refractivity contribution in [2.24, 2.45) is 0 Å². The summed E-state index contributed by atoms with van der Waals surface area (Å²) in [5.41, 5.74) is 0. The number of likely N-dealkylation sites (N-methyl/N-ethyl adjacent to an activating group) is 1. The number of unbranched alkanes of at least 4 members (excludes halogenated alkanes) is 3. The van der Waals surface area contributed by atoms with Crippen molar-refractivity contribution >= 4 is 18.8 Å². The molecule has 0 aromatic heterocycles. The molecular weight excluding hydrogens is 353 g/mol. The molecule has 0 saturated carbocycles. The van der Waals surface area contributed by atoms with Crippen LogP contribution in [0.5, 0.6) is 0 Å². The molecule has 0 amide bonds. The van der Waals surface area contributed by atoms with Gasteiger partial charge in [-0.3, -0.25) is 0 Å². The van der Waals surface area contributed by atoms with Crippen molar-refractivity contribution in [2.45, 2.75) is 85.6 Å². The number of hydrogen-bond donors (Lipinski definition) is 0. The van der Waals surface area contributed by atoms with Gasteiger partial charge in [0.25, 0.3) is 0 Å². The first-order valence-corrected chi connectivity index (χ1v) is 16.0. The van der Waals surface area contributed by atoms with Crippen LogP contribution in [0.15, 0.2) is 0 Å². The van der Waals surface area contributed by atoms with Gasteiger partial charge in [-0.05, 0) is 0 Å². The average molecular weight is 392 g/mol. The summed E-state index contributed by atoms with van der Waals surface area (Å²) in [4.78, 5) is 2.26. The molecule has 0 aromatic carbocycles. The van der Waals surface area contributed by atoms with E-state index in [0.717, 1.165) is 6.54 Å². The molecule has 0 radical (unpaired) electrons. The zero-order valence-corrected chi connectivity index (χ0v) is 17.9. The van der Waals surface area contributed by atoms with Crippen LogP contribution in [0.4, 0.5) is 0 Å². The predicted molar refractivity (Wildman–Crippen MR) is 94.0 cm³/mol. The number of rotatable bonds is 13. The van der Waals surface area contributed by atoms with E-state index >= 15 is 0 Å². The van der Waals surface area contributed by atoms with E-state index in [1.165, 1.54) is 51.8 Å². The van der Waals surface area contributed by atoms with Crippen LogP contribution in [0.1, 0.15) is 66.2 Å². The number of nitrogens with zero attached hydrogens (tertiary/aromatic N) is 1. The third kappa shape index (κ3) is 9.62. The molecule has 0 bridgehead atoms. The van der Waals surface area contributed by atoms with E-state index < -0.39 is 18.8 Å². The minimum absolute atomic E-state index is 0.423. The van der Waals surface area contributed by atoms with Gasteiger partial charge in [-0.15, -0.1) is 0 Å². The van der Waals surface area contributed by atoms with Gasteiger partial charge in [0.1, 0.15) is 0 Å². The minimum atomic E-state index is -2.36. The van der Waals surface area contributed by atoms with Crippen molar-refractivity contribution in [3.63, 3.8) is 0 Å². The van der Waals surface area contributed by atoms with Crippen LogP contribution in [-0.4, -0.2) is 50.4 Å². The molecule has 0 aliphatic heterocycles. The van der Waals surface area contributed by atoms with Gasteiger partial charge in [0, 0.05) is 0 Å². The molecule has 20 heavy (non-hydrogen) atoms. The van der Waals surface area contributed by atoms with E-state index in [-0.39, 0.29) is 0 Å². The molecule has 0 rings (SSSR count). The summed E-state index contributed by atoms with van der Waals surface area (Å²) in [5, 5.41) is 0. The summed E-state index contributed by atoms with van der Waals surface area (Å²) in [6.07, 6.45) is 8.55. The number of hydrogen-bond acceptors (Lipinski definition) is 2. The summed E-state index contributed by atoms with van der Waals surface area (Å²) >= 11 is -2.36. The molecule has 0 aliphatic carbocycles. The van der Waals surface area contributed by atoms with E-state index in [4.69, 9.17) is 3.07 Å². The fraction of sp³-hybridized carbons (Fsp3) is 1.00. The van der Waals surface area contributed by atoms with E-state index in [0.29, 0.717) is 6.10 Å². The van der Waals surface area contributed by atoms with Crippen LogP contribution in [0.3, 0.4) is 0 Å². The molecule has 1 unspecified atom stereocenters. The Kier molecular flexibility index (Phi) is 12.7. The Balaban J connectivity index is 4.73. The van der Waals surface area contributed by atoms with E-state index in [1.807, 2.05) is 0 Å². The molecule has 0 aromatic rings. The van der Waals surface area contributed by atoms with Crippen molar-refractivity contribution in [1.29, 1.82) is 0 Å². The fourth-order valence-corrected chi connectivity index (χ4v) is 17.4. The van der Waals surface area contributed by atoms with E-state index in [2.05, 4.69) is 46.7 Å². The predicted octanol–water partition coefficient (Wildman–Crippen LogP) is 5.30. The molecule has 1 atom stereocenters. The first-order valence-electron chi connectivity index (χ1n) is 8.82. The molecule has 0 heterocycles. The molecule has 0 saturated heterocycles. The molecule has 0 N–H and O–H groups in total. The Morgan fingerprint density at radius 2 is 1.25 bits per heavy atom. The van der Waals surface area contributed by atoms with E-state index in [9.17, 15) is 0 Å². The second-order valence-corrected chi connectivity index (χ2v) is 18.4. The van der Waals surface area contributed by atoms with Crippen LogP contribution in [0, 0.1) is 0 Å². The maximum atomic E-state index is 6.82. The summed E-state index contributed by atoms with van der Waals surface area (Å²) in [6.45, 7) is 10.3. The summed E-state index contributed by atoms with van der Waals surface area (Å²) < 4.78 is 11.2. The van der Waals surface area contributed by atoms with Crippen molar-refractivity contribution in [3.05, 3.63) is 0 Å². The van der Waals surface area contributed by atoms with Crippen LogP contribution >= 0.6 is 0 Å². The Morgan fingerprint density at radius 3 is 1.55 bits per heavy atom. The molecule has 3 heteroatoms. The van der Waals surface area contributed by atoms with Crippen molar-refractivity contribution < 1.29 is 3.07 Å². The van der Waals surface area contributed by atoms with Crippen LogP contribution in [-0.2, 0) is 3.07 Å². The normalized spacial score (nSPS) is 13.9. The van der Waals surface area contributed by atoms with E-state index in [1.54, 1.807) is 0 Å². The Bertz CT molecular complexity index is 199. The van der Waals surface area contributed by atoms with Crippen LogP contribution in [0.2, 0.25) is 13.3 Å². The van der Waals surface area contributed by atoms with Gasteiger partial charge in [0.2, 0.25) is 0 Å². The van der Waals surface area contributed by atoms with Gasteiger partial charge in [-0.1, -0.05) is 0 Å². The van der Waals surface area contributed by atoms with Crippen molar-refractivity contribution in [2.75, 3.05) is 20.6 Å². The Morgan fingerprint density at radius 1 is 0.850 bits per heavy atom. The van der Waals surface area contributed by atoms with Crippen LogP contribution < -0.4 is 0 Å². The standard InChI is InChI=1S/C5H12NO.3C4H9.Sn/c1-5(7)4-6(2)3;3*1-3-4-2;/h5H,4H2,1-3H3;3*1,3-4H2,2H3;/q-1;;;;+1. The zero-order valence-electron chi connectivity index (χ0n) is 15.0. The monoisotopic (exact) mass is 393 g/mol. The quantitative estimate of drug-likeness (QED) is 0.395. The molecule has 0 fully saturated rings. The van der Waals surface area contributed by atoms with Gasteiger partial charge in [0.05, 0.1) is 0 Å². The van der Waals surface area contributed by atoms with Gasteiger partial charge in [-0.2, -0.15) is 0 Å². The first kappa shape index (κ1) is 20.7. The molecular formula is C17H39NOSn. The summed E-state index contributed by atoms with van der Waals surface area (Å²) in [6, 6.07) is 0. The second kappa shape index (κ2) is 12.3. The third-order valence-corrected chi connectivity index (χ3v) is 17.4. The van der Waals surface area contributed by atoms with Crippen molar-refractivity contribution in [1.82, 2.24) is 4.90 Å². The first-order chi connectivity index (χ1) is 9.49.